The van der Waals surface area contributed by atoms with E-state index in [2.05, 4.69) is 5.73 Å². The first-order valence-corrected chi connectivity index (χ1v) is 4.66. The Bertz CT molecular complexity index is 292. The molecule has 1 fully saturated rings. The maximum absolute atomic E-state index is 11.3. The molecule has 1 heterocycles. The maximum atomic E-state index is 11.3. The van der Waals surface area contributed by atoms with Crippen LogP contribution in [0.1, 0.15) is 0 Å². The first kappa shape index (κ1) is 12.8. The number of hydrogen-bond acceptors (Lipinski definition) is 6. The molecule has 0 spiro atoms. The highest BCUT2D eigenvalue weighted by Crippen LogP contribution is 2.12. The molecule has 0 bridgehead atoms. The van der Waals surface area contributed by atoms with Crippen molar-refractivity contribution in [3.05, 3.63) is 0 Å². The first-order valence-electron chi connectivity index (χ1n) is 4.66. The third kappa shape index (κ3) is 2.67. The standard InChI is InChI=1S/C8H14N2O6/c9-7(15)5(13)3(11)4(12)6(14)8(16)10-1-2-10/h3-6,11-14H,1-2H2,(H2,9,15)/t3-,4+,5+,6-/m1/s1. The van der Waals surface area contributed by atoms with Crippen LogP contribution >= 0.6 is 0 Å². The van der Waals surface area contributed by atoms with Crippen LogP contribution in [0.3, 0.4) is 0 Å². The highest BCUT2D eigenvalue weighted by molar-refractivity contribution is 5.84. The van der Waals surface area contributed by atoms with Gasteiger partial charge < -0.3 is 31.1 Å². The van der Waals surface area contributed by atoms with Gasteiger partial charge in [-0.25, -0.2) is 0 Å². The molecule has 8 heteroatoms. The Hall–Kier alpha value is -1.22. The molecule has 1 aliphatic rings. The largest absolute Gasteiger partial charge is 0.387 e. The summed E-state index contributed by atoms with van der Waals surface area (Å²) in [7, 11) is 0. The predicted molar refractivity (Wildman–Crippen MR) is 49.8 cm³/mol. The minimum absolute atomic E-state index is 0.469. The summed E-state index contributed by atoms with van der Waals surface area (Å²) in [5, 5.41) is 36.9. The van der Waals surface area contributed by atoms with Crippen LogP contribution in [0, 0.1) is 0 Å². The van der Waals surface area contributed by atoms with E-state index in [1.54, 1.807) is 0 Å². The third-order valence-corrected chi connectivity index (χ3v) is 2.30. The van der Waals surface area contributed by atoms with Crippen LogP contribution in [-0.4, -0.2) is 74.6 Å². The molecule has 16 heavy (non-hydrogen) atoms. The van der Waals surface area contributed by atoms with Crippen LogP contribution < -0.4 is 5.73 Å². The van der Waals surface area contributed by atoms with E-state index in [-0.39, 0.29) is 0 Å². The molecule has 0 aliphatic carbocycles. The summed E-state index contributed by atoms with van der Waals surface area (Å²) >= 11 is 0. The number of carbonyl (C=O) groups is 2. The van der Waals surface area contributed by atoms with Crippen LogP contribution in [0.25, 0.3) is 0 Å². The number of aliphatic hydroxyl groups excluding tert-OH is 4. The number of hydrogen-bond donors (Lipinski definition) is 5. The Morgan fingerprint density at radius 2 is 1.44 bits per heavy atom. The number of primary amides is 1. The lowest BCUT2D eigenvalue weighted by molar-refractivity contribution is -0.156. The van der Waals surface area contributed by atoms with Crippen molar-refractivity contribution < 1.29 is 30.0 Å². The van der Waals surface area contributed by atoms with Gasteiger partial charge in [-0.1, -0.05) is 0 Å². The van der Waals surface area contributed by atoms with Crippen molar-refractivity contribution in [3.63, 3.8) is 0 Å². The quantitative estimate of drug-likeness (QED) is 0.305. The summed E-state index contributed by atoms with van der Waals surface area (Å²) in [6.07, 6.45) is -7.88. The molecular weight excluding hydrogens is 220 g/mol. The van der Waals surface area contributed by atoms with E-state index in [1.807, 2.05) is 0 Å². The van der Waals surface area contributed by atoms with Gasteiger partial charge in [0, 0.05) is 13.1 Å². The molecule has 0 unspecified atom stereocenters. The second-order valence-corrected chi connectivity index (χ2v) is 3.60. The van der Waals surface area contributed by atoms with Crippen LogP contribution in [0.15, 0.2) is 0 Å². The molecule has 0 aromatic heterocycles. The number of rotatable bonds is 5. The van der Waals surface area contributed by atoms with Crippen molar-refractivity contribution in [2.24, 2.45) is 5.73 Å². The SMILES string of the molecule is NC(=O)[C@@H](O)[C@H](O)[C@H](O)[C@@H](O)C(=O)N1CC1. The predicted octanol–water partition coefficient (Wildman–Crippen LogP) is -4.24. The van der Waals surface area contributed by atoms with Crippen LogP contribution in [0.5, 0.6) is 0 Å². The average Bonchev–Trinajstić information content (AvgIpc) is 3.07. The van der Waals surface area contributed by atoms with E-state index in [9.17, 15) is 24.9 Å². The zero-order valence-electron chi connectivity index (χ0n) is 8.35. The summed E-state index contributed by atoms with van der Waals surface area (Å²) in [4.78, 5) is 23.0. The minimum Gasteiger partial charge on any atom is -0.387 e. The van der Waals surface area contributed by atoms with Gasteiger partial charge in [-0.05, 0) is 0 Å². The average molecular weight is 234 g/mol. The lowest BCUT2D eigenvalue weighted by Crippen LogP contribution is -2.52. The topological polar surface area (TPSA) is 144 Å². The van der Waals surface area contributed by atoms with E-state index in [4.69, 9.17) is 5.11 Å². The van der Waals surface area contributed by atoms with Crippen molar-refractivity contribution in [1.29, 1.82) is 0 Å². The third-order valence-electron chi connectivity index (χ3n) is 2.30. The molecule has 1 saturated heterocycles. The van der Waals surface area contributed by atoms with Crippen LogP contribution in [0.4, 0.5) is 0 Å². The van der Waals surface area contributed by atoms with Crippen molar-refractivity contribution in [2.75, 3.05) is 13.1 Å². The van der Waals surface area contributed by atoms with Gasteiger partial charge in [0.15, 0.2) is 12.2 Å². The van der Waals surface area contributed by atoms with Crippen molar-refractivity contribution in [1.82, 2.24) is 4.90 Å². The molecule has 4 atom stereocenters. The van der Waals surface area contributed by atoms with E-state index in [0.29, 0.717) is 13.1 Å². The molecule has 0 aromatic rings. The van der Waals surface area contributed by atoms with Gasteiger partial charge >= 0.3 is 0 Å². The van der Waals surface area contributed by atoms with Crippen LogP contribution in [0.2, 0.25) is 0 Å². The van der Waals surface area contributed by atoms with Crippen molar-refractivity contribution in [2.45, 2.75) is 24.4 Å². The lowest BCUT2D eigenvalue weighted by Gasteiger charge is -2.24. The Labute approximate surface area is 90.9 Å². The number of nitrogens with two attached hydrogens (primary N) is 1. The second-order valence-electron chi connectivity index (χ2n) is 3.60. The normalized spacial score (nSPS) is 22.1. The molecule has 0 radical (unpaired) electrons. The number of aliphatic hydroxyl groups is 4. The number of nitrogens with zero attached hydrogens (tertiary/aromatic N) is 1. The van der Waals surface area contributed by atoms with Crippen molar-refractivity contribution >= 4 is 11.8 Å². The molecule has 1 aliphatic heterocycles. The summed E-state index contributed by atoms with van der Waals surface area (Å²) in [5.74, 6) is -2.01. The Kier molecular flexibility index (Phi) is 3.81. The van der Waals surface area contributed by atoms with Crippen LogP contribution in [-0.2, 0) is 9.59 Å². The van der Waals surface area contributed by atoms with Gasteiger partial charge in [0.2, 0.25) is 5.91 Å². The fourth-order valence-corrected chi connectivity index (χ4v) is 1.15. The van der Waals surface area contributed by atoms with E-state index < -0.39 is 36.2 Å². The van der Waals surface area contributed by atoms with Gasteiger partial charge in [0.1, 0.15) is 12.2 Å². The monoisotopic (exact) mass is 234 g/mol. The summed E-state index contributed by atoms with van der Waals surface area (Å²) < 4.78 is 0. The summed E-state index contributed by atoms with van der Waals surface area (Å²) in [6.45, 7) is 0.939. The smallest absolute Gasteiger partial charge is 0.254 e. The molecule has 1 rings (SSSR count). The Morgan fingerprint density at radius 3 is 1.81 bits per heavy atom. The van der Waals surface area contributed by atoms with E-state index in [1.165, 1.54) is 4.90 Å². The maximum Gasteiger partial charge on any atom is 0.254 e. The molecule has 8 nitrogen and oxygen atoms in total. The van der Waals surface area contributed by atoms with Gasteiger partial charge in [-0.3, -0.25) is 9.59 Å². The Balaban J connectivity index is 2.57. The van der Waals surface area contributed by atoms with Gasteiger partial charge in [-0.15, -0.1) is 0 Å². The Morgan fingerprint density at radius 1 is 1.00 bits per heavy atom. The second kappa shape index (κ2) is 4.74. The minimum atomic E-state index is -2.04. The van der Waals surface area contributed by atoms with E-state index >= 15 is 0 Å². The van der Waals surface area contributed by atoms with Gasteiger partial charge in [-0.2, -0.15) is 0 Å². The van der Waals surface area contributed by atoms with Gasteiger partial charge in [0.05, 0.1) is 0 Å². The number of amides is 2. The fraction of sp³-hybridized carbons (Fsp3) is 0.750. The zero-order valence-corrected chi connectivity index (χ0v) is 8.35. The lowest BCUT2D eigenvalue weighted by atomic mass is 10.0. The fourth-order valence-electron chi connectivity index (χ4n) is 1.15. The number of carbonyl (C=O) groups excluding carboxylic acids is 2. The molecule has 2 amide bonds. The first-order chi connectivity index (χ1) is 7.36. The molecule has 92 valence electrons. The summed E-state index contributed by atoms with van der Waals surface area (Å²) in [5.41, 5.74) is 4.69. The molecular formula is C8H14N2O6. The molecule has 0 saturated carbocycles. The van der Waals surface area contributed by atoms with Gasteiger partial charge in [0.25, 0.3) is 5.91 Å². The zero-order chi connectivity index (χ0) is 12.5. The highest BCUT2D eigenvalue weighted by Gasteiger charge is 2.40. The van der Waals surface area contributed by atoms with E-state index in [0.717, 1.165) is 0 Å². The molecule has 0 aromatic carbocycles. The summed E-state index contributed by atoms with van der Waals surface area (Å²) in [6, 6.07) is 0. The molecule has 6 N–H and O–H groups in total. The highest BCUT2D eigenvalue weighted by atomic mass is 16.4. The van der Waals surface area contributed by atoms with Crippen molar-refractivity contribution in [3.8, 4) is 0 Å².